The Labute approximate surface area is 138 Å². The zero-order valence-electron chi connectivity index (χ0n) is 13.2. The fourth-order valence-corrected chi connectivity index (χ4v) is 2.14. The molecule has 0 saturated heterocycles. The first-order valence-corrected chi connectivity index (χ1v) is 7.15. The molecular formula is C16H16N4O4. The van der Waals surface area contributed by atoms with Crippen LogP contribution in [-0.2, 0) is 4.79 Å². The number of methoxy groups -OCH3 is 2. The lowest BCUT2D eigenvalue weighted by Gasteiger charge is -2.11. The minimum Gasteiger partial charge on any atom is -0.497 e. The Morgan fingerprint density at radius 1 is 1.17 bits per heavy atom. The van der Waals surface area contributed by atoms with Crippen molar-refractivity contribution in [3.8, 4) is 17.5 Å². The van der Waals surface area contributed by atoms with Gasteiger partial charge in [0.2, 0.25) is 0 Å². The molecule has 3 rings (SSSR count). The molecule has 3 aromatic rings. The standard InChI is InChI=1S/C16H16N4O4/c1-22-11-6-7-12(13(9-11)23-2)17-15(21)10-24-16-19-18-14-5-3-4-8-20(14)16/h3-9H,10H2,1-2H3,(H,17,21). The molecule has 1 aromatic carbocycles. The number of benzene rings is 1. The molecule has 0 saturated carbocycles. The van der Waals surface area contributed by atoms with Crippen molar-refractivity contribution in [2.75, 3.05) is 26.1 Å². The van der Waals surface area contributed by atoms with Gasteiger partial charge in [-0.15, -0.1) is 5.10 Å². The predicted octanol–water partition coefficient (Wildman–Crippen LogP) is 1.76. The van der Waals surface area contributed by atoms with E-state index in [0.29, 0.717) is 22.8 Å². The number of fused-ring (bicyclic) bond motifs is 1. The highest BCUT2D eigenvalue weighted by molar-refractivity contribution is 5.93. The molecule has 1 N–H and O–H groups in total. The third-order valence-electron chi connectivity index (χ3n) is 3.30. The maximum Gasteiger partial charge on any atom is 0.322 e. The number of amides is 1. The van der Waals surface area contributed by atoms with Crippen LogP contribution < -0.4 is 19.5 Å². The molecule has 0 aliphatic heterocycles. The van der Waals surface area contributed by atoms with Gasteiger partial charge in [-0.3, -0.25) is 9.20 Å². The van der Waals surface area contributed by atoms with Crippen LogP contribution in [0.4, 0.5) is 5.69 Å². The van der Waals surface area contributed by atoms with Crippen LogP contribution in [0.25, 0.3) is 5.65 Å². The number of carbonyl (C=O) groups excluding carboxylic acids is 1. The van der Waals surface area contributed by atoms with Gasteiger partial charge in [-0.05, 0) is 24.3 Å². The van der Waals surface area contributed by atoms with E-state index >= 15 is 0 Å². The van der Waals surface area contributed by atoms with E-state index in [9.17, 15) is 4.79 Å². The lowest BCUT2D eigenvalue weighted by Crippen LogP contribution is -2.21. The molecule has 0 atom stereocenters. The predicted molar refractivity (Wildman–Crippen MR) is 86.7 cm³/mol. The molecule has 2 heterocycles. The van der Waals surface area contributed by atoms with Gasteiger partial charge < -0.3 is 19.5 Å². The van der Waals surface area contributed by atoms with Crippen molar-refractivity contribution in [3.63, 3.8) is 0 Å². The van der Waals surface area contributed by atoms with E-state index in [1.165, 1.54) is 7.11 Å². The zero-order chi connectivity index (χ0) is 16.9. The Hall–Kier alpha value is -3.29. The van der Waals surface area contributed by atoms with Crippen molar-refractivity contribution >= 4 is 17.2 Å². The number of rotatable bonds is 6. The highest BCUT2D eigenvalue weighted by Gasteiger charge is 2.12. The number of hydrogen-bond acceptors (Lipinski definition) is 6. The summed E-state index contributed by atoms with van der Waals surface area (Å²) in [5.41, 5.74) is 1.17. The van der Waals surface area contributed by atoms with Gasteiger partial charge in [-0.2, -0.15) is 0 Å². The summed E-state index contributed by atoms with van der Waals surface area (Å²) >= 11 is 0. The number of aromatic nitrogens is 3. The van der Waals surface area contributed by atoms with Crippen LogP contribution in [0.2, 0.25) is 0 Å². The highest BCUT2D eigenvalue weighted by atomic mass is 16.5. The first-order valence-electron chi connectivity index (χ1n) is 7.15. The van der Waals surface area contributed by atoms with Gasteiger partial charge in [-0.25, -0.2) is 0 Å². The first-order chi connectivity index (χ1) is 11.7. The van der Waals surface area contributed by atoms with Crippen molar-refractivity contribution in [3.05, 3.63) is 42.6 Å². The van der Waals surface area contributed by atoms with Crippen molar-refractivity contribution in [2.24, 2.45) is 0 Å². The van der Waals surface area contributed by atoms with Crippen molar-refractivity contribution in [2.45, 2.75) is 0 Å². The number of nitrogens with one attached hydrogen (secondary N) is 1. The topological polar surface area (TPSA) is 87.0 Å². The number of hydrogen-bond donors (Lipinski definition) is 1. The molecule has 0 bridgehead atoms. The Morgan fingerprint density at radius 2 is 2.04 bits per heavy atom. The maximum absolute atomic E-state index is 12.1. The van der Waals surface area contributed by atoms with E-state index in [1.54, 1.807) is 42.0 Å². The van der Waals surface area contributed by atoms with Crippen LogP contribution >= 0.6 is 0 Å². The lowest BCUT2D eigenvalue weighted by atomic mass is 10.2. The number of nitrogens with zero attached hydrogens (tertiary/aromatic N) is 3. The molecule has 8 heteroatoms. The number of pyridine rings is 1. The number of carbonyl (C=O) groups is 1. The minimum absolute atomic E-state index is 0.204. The average molecular weight is 328 g/mol. The van der Waals surface area contributed by atoms with Crippen LogP contribution in [0.3, 0.4) is 0 Å². The van der Waals surface area contributed by atoms with Gasteiger partial charge in [0.1, 0.15) is 11.5 Å². The van der Waals surface area contributed by atoms with Crippen LogP contribution in [0, 0.1) is 0 Å². The van der Waals surface area contributed by atoms with E-state index < -0.39 is 0 Å². The third-order valence-corrected chi connectivity index (χ3v) is 3.30. The lowest BCUT2D eigenvalue weighted by molar-refractivity contribution is -0.118. The van der Waals surface area contributed by atoms with Crippen LogP contribution in [0.15, 0.2) is 42.6 Å². The minimum atomic E-state index is -0.342. The second-order valence-electron chi connectivity index (χ2n) is 4.81. The molecule has 0 radical (unpaired) electrons. The van der Waals surface area contributed by atoms with Crippen molar-refractivity contribution in [1.82, 2.24) is 14.6 Å². The number of anilines is 1. The Morgan fingerprint density at radius 3 is 2.83 bits per heavy atom. The Balaban J connectivity index is 1.66. The molecule has 0 spiro atoms. The highest BCUT2D eigenvalue weighted by Crippen LogP contribution is 2.28. The summed E-state index contributed by atoms with van der Waals surface area (Å²) in [5, 5.41) is 10.6. The Bertz CT molecular complexity index is 862. The fraction of sp³-hybridized carbons (Fsp3) is 0.188. The number of ether oxygens (including phenoxy) is 3. The van der Waals surface area contributed by atoms with E-state index in [4.69, 9.17) is 14.2 Å². The first kappa shape index (κ1) is 15.6. The summed E-state index contributed by atoms with van der Waals surface area (Å²) in [7, 11) is 3.08. The van der Waals surface area contributed by atoms with Crippen molar-refractivity contribution in [1.29, 1.82) is 0 Å². The molecule has 24 heavy (non-hydrogen) atoms. The molecular weight excluding hydrogens is 312 g/mol. The molecule has 2 aromatic heterocycles. The third kappa shape index (κ3) is 3.22. The van der Waals surface area contributed by atoms with Crippen molar-refractivity contribution < 1.29 is 19.0 Å². The molecule has 0 aliphatic rings. The largest absolute Gasteiger partial charge is 0.497 e. The van der Waals surface area contributed by atoms with Gasteiger partial charge in [0.05, 0.1) is 19.9 Å². The van der Waals surface area contributed by atoms with Crippen LogP contribution in [-0.4, -0.2) is 41.3 Å². The monoisotopic (exact) mass is 328 g/mol. The molecule has 0 aliphatic carbocycles. The smallest absolute Gasteiger partial charge is 0.322 e. The second-order valence-corrected chi connectivity index (χ2v) is 4.81. The van der Waals surface area contributed by atoms with Gasteiger partial charge >= 0.3 is 6.01 Å². The normalized spacial score (nSPS) is 10.4. The van der Waals surface area contributed by atoms with E-state index in [1.807, 2.05) is 12.1 Å². The maximum atomic E-state index is 12.1. The Kier molecular flexibility index (Phi) is 4.46. The average Bonchev–Trinajstić information content (AvgIpc) is 3.03. The van der Waals surface area contributed by atoms with Gasteiger partial charge in [0.25, 0.3) is 5.91 Å². The summed E-state index contributed by atoms with van der Waals surface area (Å²) in [5.74, 6) is 0.790. The molecule has 0 fully saturated rings. The molecule has 1 amide bonds. The second kappa shape index (κ2) is 6.86. The summed E-state index contributed by atoms with van der Waals surface area (Å²) < 4.78 is 17.4. The molecule has 124 valence electrons. The summed E-state index contributed by atoms with van der Waals surface area (Å²) in [6.07, 6.45) is 1.76. The van der Waals surface area contributed by atoms with Gasteiger partial charge in [0, 0.05) is 12.3 Å². The quantitative estimate of drug-likeness (QED) is 0.742. The van der Waals surface area contributed by atoms with Gasteiger partial charge in [0.15, 0.2) is 12.3 Å². The van der Waals surface area contributed by atoms with Crippen LogP contribution in [0.1, 0.15) is 0 Å². The molecule has 8 nitrogen and oxygen atoms in total. The van der Waals surface area contributed by atoms with E-state index in [-0.39, 0.29) is 18.5 Å². The van der Waals surface area contributed by atoms with Gasteiger partial charge in [-0.1, -0.05) is 11.2 Å². The summed E-state index contributed by atoms with van der Waals surface area (Å²) in [6.45, 7) is -0.204. The van der Waals surface area contributed by atoms with E-state index in [0.717, 1.165) is 0 Å². The van der Waals surface area contributed by atoms with E-state index in [2.05, 4.69) is 15.5 Å². The molecule has 0 unspecified atom stereocenters. The summed E-state index contributed by atoms with van der Waals surface area (Å²) in [4.78, 5) is 12.1. The zero-order valence-corrected chi connectivity index (χ0v) is 13.2. The fourth-order valence-electron chi connectivity index (χ4n) is 2.14. The summed E-state index contributed by atoms with van der Waals surface area (Å²) in [6, 6.07) is 10.8. The SMILES string of the molecule is COc1ccc(NC(=O)COc2nnc3ccccn23)c(OC)c1. The van der Waals surface area contributed by atoms with Crippen LogP contribution in [0.5, 0.6) is 17.5 Å².